The quantitative estimate of drug-likeness (QED) is 0.214. The Morgan fingerprint density at radius 2 is 1.74 bits per heavy atom. The summed E-state index contributed by atoms with van der Waals surface area (Å²) in [5, 5.41) is 22.7. The molecule has 7 heteroatoms. The number of fused-ring (bicyclic) bond motifs is 1. The zero-order valence-electron chi connectivity index (χ0n) is 18.8. The summed E-state index contributed by atoms with van der Waals surface area (Å²) >= 11 is 0. The molecule has 2 N–H and O–H groups in total. The van der Waals surface area contributed by atoms with Crippen LogP contribution < -0.4 is 0 Å². The van der Waals surface area contributed by atoms with Crippen LogP contribution in [0.1, 0.15) is 36.0 Å². The van der Waals surface area contributed by atoms with Crippen molar-refractivity contribution in [2.75, 3.05) is 13.1 Å². The van der Waals surface area contributed by atoms with E-state index in [1.807, 2.05) is 42.5 Å². The minimum Gasteiger partial charge on any atom is -0.494 e. The number of likely N-dealkylation sites (tertiary alicyclic amines) is 1. The number of hydrogen-bond acceptors (Lipinski definition) is 5. The molecule has 0 unspecified atom stereocenters. The van der Waals surface area contributed by atoms with Crippen LogP contribution in [-0.2, 0) is 6.54 Å². The van der Waals surface area contributed by atoms with Gasteiger partial charge in [-0.25, -0.2) is 4.99 Å². The Bertz CT molecular complexity index is 1340. The fourth-order valence-electron chi connectivity index (χ4n) is 4.57. The first-order chi connectivity index (χ1) is 16.6. The van der Waals surface area contributed by atoms with Crippen molar-refractivity contribution in [1.29, 1.82) is 0 Å². The highest BCUT2D eigenvalue weighted by molar-refractivity contribution is 6.22. The van der Waals surface area contributed by atoms with Crippen LogP contribution in [0, 0.1) is 10.1 Å². The highest BCUT2D eigenvalue weighted by Gasteiger charge is 2.20. The molecule has 7 nitrogen and oxygen atoms in total. The number of aliphatic imine (C=N–C) groups is 1. The van der Waals surface area contributed by atoms with Crippen LogP contribution in [0.15, 0.2) is 77.8 Å². The second kappa shape index (κ2) is 9.49. The van der Waals surface area contributed by atoms with Gasteiger partial charge in [-0.15, -0.1) is 0 Å². The Kier molecular flexibility index (Phi) is 6.10. The van der Waals surface area contributed by atoms with Crippen molar-refractivity contribution in [2.45, 2.75) is 25.8 Å². The number of piperidine rings is 1. The molecule has 1 aromatic heterocycles. The van der Waals surface area contributed by atoms with Gasteiger partial charge in [-0.1, -0.05) is 48.9 Å². The predicted molar refractivity (Wildman–Crippen MR) is 134 cm³/mol. The fourth-order valence-corrected chi connectivity index (χ4v) is 4.57. The van der Waals surface area contributed by atoms with Gasteiger partial charge in [-0.05, 0) is 49.7 Å². The molecular weight excluding hydrogens is 428 g/mol. The van der Waals surface area contributed by atoms with Crippen LogP contribution in [0.4, 0.5) is 11.4 Å². The normalized spacial score (nSPS) is 15.0. The number of hydrogen-bond donors (Lipinski definition) is 2. The number of nitro benzene ring substituents is 1. The second-order valence-electron chi connectivity index (χ2n) is 8.67. The third-order valence-corrected chi connectivity index (χ3v) is 6.29. The van der Waals surface area contributed by atoms with E-state index in [0.29, 0.717) is 22.2 Å². The molecule has 172 valence electrons. The molecule has 1 saturated heterocycles. The maximum Gasteiger partial charge on any atom is 0.271 e. The van der Waals surface area contributed by atoms with Gasteiger partial charge < -0.3 is 10.1 Å². The smallest absolute Gasteiger partial charge is 0.271 e. The molecule has 3 aromatic carbocycles. The van der Waals surface area contributed by atoms with Gasteiger partial charge in [0.2, 0.25) is 0 Å². The van der Waals surface area contributed by atoms with Crippen LogP contribution in [0.2, 0.25) is 0 Å². The summed E-state index contributed by atoms with van der Waals surface area (Å²) in [4.78, 5) is 21.0. The molecule has 34 heavy (non-hydrogen) atoms. The molecule has 0 aliphatic carbocycles. The lowest BCUT2D eigenvalue weighted by Gasteiger charge is -2.26. The van der Waals surface area contributed by atoms with Crippen LogP contribution in [0.3, 0.4) is 0 Å². The number of non-ortho nitro benzene ring substituents is 1. The van der Waals surface area contributed by atoms with E-state index in [1.54, 1.807) is 6.07 Å². The third kappa shape index (κ3) is 4.56. The molecule has 0 saturated carbocycles. The van der Waals surface area contributed by atoms with E-state index in [4.69, 9.17) is 4.99 Å². The van der Waals surface area contributed by atoms with E-state index in [2.05, 4.69) is 22.0 Å². The van der Waals surface area contributed by atoms with Crippen molar-refractivity contribution in [3.05, 3.63) is 99.6 Å². The predicted octanol–water partition coefficient (Wildman–Crippen LogP) is 5.94. The number of rotatable bonds is 6. The molecule has 4 aromatic rings. The highest BCUT2D eigenvalue weighted by atomic mass is 16.6. The average molecular weight is 455 g/mol. The van der Waals surface area contributed by atoms with Gasteiger partial charge in [-0.2, -0.15) is 0 Å². The van der Waals surface area contributed by atoms with Crippen LogP contribution in [0.25, 0.3) is 10.9 Å². The van der Waals surface area contributed by atoms with Crippen molar-refractivity contribution < 1.29 is 10.0 Å². The minimum absolute atomic E-state index is 0.0391. The standard InChI is InChI=1S/C27H26N4O3/c32-27-25(23-14-13-22(31(33)34)17-24(23)29-27)26(20-7-3-1-4-8-20)28-21-11-9-19(10-12-21)18-30-15-5-2-6-16-30/h1,3-4,7-14,17,29,32H,2,5-6,15-16,18H2. The maximum atomic E-state index is 11.2. The largest absolute Gasteiger partial charge is 0.494 e. The van der Waals surface area contributed by atoms with E-state index in [9.17, 15) is 15.2 Å². The molecule has 0 amide bonds. The average Bonchev–Trinajstić information content (AvgIpc) is 3.19. The molecule has 0 bridgehead atoms. The molecule has 0 atom stereocenters. The second-order valence-corrected chi connectivity index (χ2v) is 8.67. The fraction of sp³-hybridized carbons (Fsp3) is 0.222. The Labute approximate surface area is 197 Å². The van der Waals surface area contributed by atoms with E-state index in [-0.39, 0.29) is 11.6 Å². The Balaban J connectivity index is 1.54. The highest BCUT2D eigenvalue weighted by Crippen LogP contribution is 2.33. The number of aromatic nitrogens is 1. The zero-order chi connectivity index (χ0) is 23.5. The molecule has 2 heterocycles. The molecule has 5 rings (SSSR count). The van der Waals surface area contributed by atoms with Gasteiger partial charge in [0.1, 0.15) is 0 Å². The summed E-state index contributed by atoms with van der Waals surface area (Å²) in [7, 11) is 0. The number of aromatic amines is 1. The number of H-pyrrole nitrogens is 1. The summed E-state index contributed by atoms with van der Waals surface area (Å²) < 4.78 is 0. The monoisotopic (exact) mass is 454 g/mol. The van der Waals surface area contributed by atoms with Crippen molar-refractivity contribution in [2.24, 2.45) is 4.99 Å². The van der Waals surface area contributed by atoms with Gasteiger partial charge in [0.15, 0.2) is 5.88 Å². The molecule has 1 aliphatic heterocycles. The summed E-state index contributed by atoms with van der Waals surface area (Å²) in [6, 6.07) is 22.4. The zero-order valence-corrected chi connectivity index (χ0v) is 18.8. The summed E-state index contributed by atoms with van der Waals surface area (Å²) in [5.41, 5.74) is 4.44. The van der Waals surface area contributed by atoms with Crippen molar-refractivity contribution in [3.8, 4) is 5.88 Å². The lowest BCUT2D eigenvalue weighted by Crippen LogP contribution is -2.28. The Morgan fingerprint density at radius 3 is 2.44 bits per heavy atom. The third-order valence-electron chi connectivity index (χ3n) is 6.29. The summed E-state index contributed by atoms with van der Waals surface area (Å²) in [5.74, 6) is -0.0696. The van der Waals surface area contributed by atoms with Gasteiger partial charge in [0.25, 0.3) is 5.69 Å². The molecule has 1 aliphatic rings. The maximum absolute atomic E-state index is 11.2. The number of nitrogens with zero attached hydrogens (tertiary/aromatic N) is 3. The van der Waals surface area contributed by atoms with Crippen LogP contribution in [0.5, 0.6) is 5.88 Å². The van der Waals surface area contributed by atoms with Gasteiger partial charge in [0, 0.05) is 29.6 Å². The van der Waals surface area contributed by atoms with Crippen molar-refractivity contribution in [3.63, 3.8) is 0 Å². The van der Waals surface area contributed by atoms with Crippen molar-refractivity contribution in [1.82, 2.24) is 9.88 Å². The van der Waals surface area contributed by atoms with Gasteiger partial charge in [0.05, 0.1) is 27.4 Å². The lowest BCUT2D eigenvalue weighted by atomic mass is 10.0. The number of aromatic hydroxyl groups is 1. The number of nitro groups is 1. The molecular formula is C27H26N4O3. The first kappa shape index (κ1) is 21.9. The van der Waals surface area contributed by atoms with Crippen LogP contribution in [-0.4, -0.2) is 38.7 Å². The minimum atomic E-state index is -0.450. The van der Waals surface area contributed by atoms with Crippen molar-refractivity contribution >= 4 is 28.0 Å². The van der Waals surface area contributed by atoms with E-state index in [1.165, 1.54) is 37.0 Å². The number of nitrogens with one attached hydrogen (secondary N) is 1. The summed E-state index contributed by atoms with van der Waals surface area (Å²) in [6.45, 7) is 3.24. The first-order valence-corrected chi connectivity index (χ1v) is 11.5. The Hall–Kier alpha value is -3.97. The van der Waals surface area contributed by atoms with E-state index in [0.717, 1.165) is 30.9 Å². The SMILES string of the molecule is O=[N+]([O-])c1ccc2c(C(=Nc3ccc(CN4CCCCC4)cc3)c3ccccc3)c(O)[nH]c2c1. The number of benzene rings is 3. The van der Waals surface area contributed by atoms with E-state index >= 15 is 0 Å². The first-order valence-electron chi connectivity index (χ1n) is 11.5. The summed E-state index contributed by atoms with van der Waals surface area (Å²) in [6.07, 6.45) is 3.85. The van der Waals surface area contributed by atoms with E-state index < -0.39 is 4.92 Å². The van der Waals surface area contributed by atoms with Crippen LogP contribution >= 0.6 is 0 Å². The van der Waals surface area contributed by atoms with Gasteiger partial charge in [-0.3, -0.25) is 15.0 Å². The molecule has 0 spiro atoms. The van der Waals surface area contributed by atoms with Gasteiger partial charge >= 0.3 is 0 Å². The molecule has 1 fully saturated rings. The Morgan fingerprint density at radius 1 is 1.00 bits per heavy atom. The topological polar surface area (TPSA) is 94.8 Å². The molecule has 0 radical (unpaired) electrons. The lowest BCUT2D eigenvalue weighted by molar-refractivity contribution is -0.384.